The van der Waals surface area contributed by atoms with Crippen LogP contribution in [0.1, 0.15) is 0 Å². The topological polar surface area (TPSA) is 13.1 Å². The van der Waals surface area contributed by atoms with Crippen LogP contribution in [0.15, 0.2) is 126 Å². The number of hydrogen-bond acceptors (Lipinski definition) is 2. The molecule has 0 fully saturated rings. The van der Waals surface area contributed by atoms with Crippen LogP contribution in [-0.4, -0.2) is 0 Å². The largest absolute Gasteiger partial charge is 0.455 e. The van der Waals surface area contributed by atoms with Crippen molar-refractivity contribution in [3.05, 3.63) is 121 Å². The van der Waals surface area contributed by atoms with Gasteiger partial charge in [-0.1, -0.05) is 109 Å². The highest BCUT2D eigenvalue weighted by atomic mass is 32.1. The van der Waals surface area contributed by atoms with Crippen LogP contribution in [0.3, 0.4) is 0 Å². The lowest BCUT2D eigenvalue weighted by molar-refractivity contribution is 0.602. The van der Waals surface area contributed by atoms with E-state index >= 15 is 0 Å². The maximum atomic E-state index is 6.71. The molecule has 0 bridgehead atoms. The molecule has 7 aromatic rings. The Morgan fingerprint density at radius 1 is 0.412 bits per heavy atom. The Morgan fingerprint density at radius 2 is 1.00 bits per heavy atom. The molecular weight excluding hydrogens is 432 g/mol. The summed E-state index contributed by atoms with van der Waals surface area (Å²) < 4.78 is 9.30. The Balaban J connectivity index is 1.44. The monoisotopic (exact) mass is 452 g/mol. The normalized spacial score (nSPS) is 11.5. The Labute approximate surface area is 201 Å². The van der Waals surface area contributed by atoms with Crippen LogP contribution in [0.2, 0.25) is 0 Å². The first-order valence-electron chi connectivity index (χ1n) is 11.4. The molecule has 0 saturated heterocycles. The van der Waals surface area contributed by atoms with Gasteiger partial charge in [0, 0.05) is 42.1 Å². The van der Waals surface area contributed by atoms with Gasteiger partial charge in [0.2, 0.25) is 0 Å². The van der Waals surface area contributed by atoms with Crippen molar-refractivity contribution in [3.8, 4) is 33.8 Å². The minimum atomic E-state index is 0.918. The van der Waals surface area contributed by atoms with Crippen LogP contribution >= 0.6 is 11.3 Å². The van der Waals surface area contributed by atoms with Crippen LogP contribution in [0, 0.1) is 0 Å². The van der Waals surface area contributed by atoms with Gasteiger partial charge in [-0.15, -0.1) is 11.3 Å². The van der Waals surface area contributed by atoms with Gasteiger partial charge in [0.05, 0.1) is 0 Å². The smallest absolute Gasteiger partial charge is 0.143 e. The fraction of sp³-hybridized carbons (Fsp3) is 0. The lowest BCUT2D eigenvalue weighted by Gasteiger charge is -2.04. The van der Waals surface area contributed by atoms with E-state index in [0.717, 1.165) is 33.4 Å². The second-order valence-electron chi connectivity index (χ2n) is 8.53. The summed E-state index contributed by atoms with van der Waals surface area (Å²) in [7, 11) is 0. The molecule has 160 valence electrons. The summed E-state index contributed by atoms with van der Waals surface area (Å²) >= 11 is 1.84. The SMILES string of the molecule is c1ccc(-c2ccc(-c3oc(-c4cccc5sc6ccccc6c45)c4ccccc34)cc2)cc1. The summed E-state index contributed by atoms with van der Waals surface area (Å²) in [5.74, 6) is 1.86. The molecule has 5 aromatic carbocycles. The summed E-state index contributed by atoms with van der Waals surface area (Å²) in [6.07, 6.45) is 0. The molecule has 0 radical (unpaired) electrons. The molecule has 0 aliphatic carbocycles. The zero-order chi connectivity index (χ0) is 22.5. The maximum absolute atomic E-state index is 6.71. The van der Waals surface area contributed by atoms with Gasteiger partial charge in [0.15, 0.2) is 0 Å². The van der Waals surface area contributed by atoms with Gasteiger partial charge in [-0.3, -0.25) is 0 Å². The average Bonchev–Trinajstić information content (AvgIpc) is 3.48. The molecule has 34 heavy (non-hydrogen) atoms. The fourth-order valence-electron chi connectivity index (χ4n) is 4.91. The third-order valence-electron chi connectivity index (χ3n) is 6.52. The van der Waals surface area contributed by atoms with Crippen LogP contribution < -0.4 is 0 Å². The molecular formula is C32H20OS. The first kappa shape index (κ1) is 19.3. The second-order valence-corrected chi connectivity index (χ2v) is 9.61. The summed E-state index contributed by atoms with van der Waals surface area (Å²) in [6, 6.07) is 42.8. The first-order valence-corrected chi connectivity index (χ1v) is 12.3. The Morgan fingerprint density at radius 3 is 1.79 bits per heavy atom. The zero-order valence-corrected chi connectivity index (χ0v) is 19.2. The van der Waals surface area contributed by atoms with Crippen molar-refractivity contribution in [1.82, 2.24) is 0 Å². The van der Waals surface area contributed by atoms with E-state index in [-0.39, 0.29) is 0 Å². The van der Waals surface area contributed by atoms with Gasteiger partial charge in [0.25, 0.3) is 0 Å². The molecule has 0 aliphatic rings. The van der Waals surface area contributed by atoms with E-state index in [1.165, 1.54) is 31.3 Å². The van der Waals surface area contributed by atoms with Crippen molar-refractivity contribution < 1.29 is 4.42 Å². The number of benzene rings is 5. The molecule has 0 aliphatic heterocycles. The number of furan rings is 1. The van der Waals surface area contributed by atoms with Crippen molar-refractivity contribution in [2.45, 2.75) is 0 Å². The highest BCUT2D eigenvalue weighted by molar-refractivity contribution is 7.25. The predicted octanol–water partition coefficient (Wildman–Crippen LogP) is 9.80. The molecule has 0 atom stereocenters. The Kier molecular flexibility index (Phi) is 4.39. The summed E-state index contributed by atoms with van der Waals surface area (Å²) in [5, 5.41) is 4.84. The number of fused-ring (bicyclic) bond motifs is 4. The first-order chi connectivity index (χ1) is 16.9. The fourth-order valence-corrected chi connectivity index (χ4v) is 6.05. The molecule has 7 rings (SSSR count). The van der Waals surface area contributed by atoms with Crippen molar-refractivity contribution in [1.29, 1.82) is 0 Å². The third kappa shape index (κ3) is 3.00. The van der Waals surface area contributed by atoms with Gasteiger partial charge in [-0.05, 0) is 23.3 Å². The highest BCUT2D eigenvalue weighted by Crippen LogP contribution is 2.45. The van der Waals surface area contributed by atoms with Gasteiger partial charge >= 0.3 is 0 Å². The quantitative estimate of drug-likeness (QED) is 0.260. The maximum Gasteiger partial charge on any atom is 0.143 e. The van der Waals surface area contributed by atoms with Crippen LogP contribution in [0.4, 0.5) is 0 Å². The number of thiophene rings is 1. The predicted molar refractivity (Wildman–Crippen MR) is 145 cm³/mol. The summed E-state index contributed by atoms with van der Waals surface area (Å²) in [6.45, 7) is 0. The summed E-state index contributed by atoms with van der Waals surface area (Å²) in [5.41, 5.74) is 4.66. The lowest BCUT2D eigenvalue weighted by atomic mass is 10.00. The van der Waals surface area contributed by atoms with E-state index in [2.05, 4.69) is 115 Å². The molecule has 2 aromatic heterocycles. The minimum absolute atomic E-state index is 0.918. The molecule has 0 saturated carbocycles. The molecule has 0 N–H and O–H groups in total. The lowest BCUT2D eigenvalue weighted by Crippen LogP contribution is -1.79. The van der Waals surface area contributed by atoms with E-state index in [1.807, 2.05) is 17.4 Å². The Bertz CT molecular complexity index is 1790. The molecule has 0 spiro atoms. The molecule has 0 amide bonds. The van der Waals surface area contributed by atoms with Gasteiger partial charge < -0.3 is 4.42 Å². The average molecular weight is 453 g/mol. The van der Waals surface area contributed by atoms with Crippen LogP contribution in [0.25, 0.3) is 64.7 Å². The Hall–Kier alpha value is -4.14. The van der Waals surface area contributed by atoms with Gasteiger partial charge in [0.1, 0.15) is 11.5 Å². The minimum Gasteiger partial charge on any atom is -0.455 e. The van der Waals surface area contributed by atoms with Crippen molar-refractivity contribution in [2.24, 2.45) is 0 Å². The standard InChI is InChI=1S/C32H20OS/c1-2-9-21(10-3-1)22-17-19-23(20-18-22)31-24-11-4-5-12-25(24)32(33-31)27-14-8-16-29-30(27)26-13-6-7-15-28(26)34-29/h1-20H. The highest BCUT2D eigenvalue weighted by Gasteiger charge is 2.19. The van der Waals surface area contributed by atoms with Crippen molar-refractivity contribution in [2.75, 3.05) is 0 Å². The molecule has 0 unspecified atom stereocenters. The number of rotatable bonds is 3. The number of hydrogen-bond donors (Lipinski definition) is 0. The van der Waals surface area contributed by atoms with Gasteiger partial charge in [-0.2, -0.15) is 0 Å². The second kappa shape index (κ2) is 7.72. The van der Waals surface area contributed by atoms with Gasteiger partial charge in [-0.25, -0.2) is 0 Å². The molecule has 1 nitrogen and oxygen atoms in total. The van der Waals surface area contributed by atoms with Crippen molar-refractivity contribution in [3.63, 3.8) is 0 Å². The van der Waals surface area contributed by atoms with Crippen LogP contribution in [-0.2, 0) is 0 Å². The summed E-state index contributed by atoms with van der Waals surface area (Å²) in [4.78, 5) is 0. The van der Waals surface area contributed by atoms with Crippen molar-refractivity contribution >= 4 is 42.3 Å². The molecule has 2 heteroatoms. The van der Waals surface area contributed by atoms with E-state index in [0.29, 0.717) is 0 Å². The zero-order valence-electron chi connectivity index (χ0n) is 18.4. The van der Waals surface area contributed by atoms with E-state index in [9.17, 15) is 0 Å². The van der Waals surface area contributed by atoms with E-state index < -0.39 is 0 Å². The van der Waals surface area contributed by atoms with E-state index in [1.54, 1.807) is 0 Å². The molecule has 2 heterocycles. The third-order valence-corrected chi connectivity index (χ3v) is 7.66. The van der Waals surface area contributed by atoms with E-state index in [4.69, 9.17) is 4.42 Å². The van der Waals surface area contributed by atoms with Crippen LogP contribution in [0.5, 0.6) is 0 Å².